The van der Waals surface area contributed by atoms with Gasteiger partial charge in [0, 0.05) is 35.2 Å². The number of hydrogen-bond acceptors (Lipinski definition) is 15. The van der Waals surface area contributed by atoms with Crippen LogP contribution in [0.2, 0.25) is 0 Å². The second kappa shape index (κ2) is 14.2. The number of carbonyl (C=O) groups is 5. The molecule has 1 aliphatic heterocycles. The number of carbonyl (C=O) groups excluding carboxylic acids is 4. The Balaban J connectivity index is 1.45. The van der Waals surface area contributed by atoms with Crippen molar-refractivity contribution in [3.05, 3.63) is 74.6 Å². The van der Waals surface area contributed by atoms with Crippen LogP contribution in [0.3, 0.4) is 0 Å². The van der Waals surface area contributed by atoms with Crippen molar-refractivity contribution in [2.75, 3.05) is 12.3 Å². The third-order valence-electron chi connectivity index (χ3n) is 6.94. The van der Waals surface area contributed by atoms with Gasteiger partial charge in [-0.1, -0.05) is 5.16 Å². The Labute approximate surface area is 284 Å². The molecule has 0 radical (unpaired) electrons. The Morgan fingerprint density at radius 2 is 1.68 bits per heavy atom. The Bertz CT molecular complexity index is 2060. The van der Waals surface area contributed by atoms with Crippen molar-refractivity contribution in [3.63, 3.8) is 0 Å². The van der Waals surface area contributed by atoms with Crippen LogP contribution in [0.1, 0.15) is 46.0 Å². The number of nitrogens with two attached hydrogens (primary N) is 1. The molecule has 1 saturated heterocycles. The van der Waals surface area contributed by atoms with Crippen molar-refractivity contribution in [2.45, 2.75) is 38.1 Å². The zero-order chi connectivity index (χ0) is 37.1. The smallest absolute Gasteiger partial charge is 0.362 e. The number of rotatable bonds is 13. The van der Waals surface area contributed by atoms with Gasteiger partial charge >= 0.3 is 16.3 Å². The fraction of sp³-hybridized carbons (Fsp3) is 0.259. The van der Waals surface area contributed by atoms with Crippen LogP contribution >= 0.6 is 11.3 Å². The molecule has 9 N–H and O–H groups in total. The predicted octanol–water partition coefficient (Wildman–Crippen LogP) is -1.73. The number of nitrogens with one attached hydrogen (secondary N) is 3. The molecule has 23 heteroatoms. The van der Waals surface area contributed by atoms with Gasteiger partial charge in [0.1, 0.15) is 17.5 Å². The summed E-state index contributed by atoms with van der Waals surface area (Å²) in [7, 11) is -5.16. The predicted molar refractivity (Wildman–Crippen MR) is 169 cm³/mol. The van der Waals surface area contributed by atoms with Crippen molar-refractivity contribution in [1.29, 1.82) is 0 Å². The first-order chi connectivity index (χ1) is 23.3. The highest BCUT2D eigenvalue weighted by atomic mass is 32.2. The summed E-state index contributed by atoms with van der Waals surface area (Å²) in [5.41, 5.74) is 1.91. The summed E-state index contributed by atoms with van der Waals surface area (Å²) in [5, 5.41) is 40.5. The summed E-state index contributed by atoms with van der Waals surface area (Å²) in [6, 6.07) is 3.59. The molecule has 50 heavy (non-hydrogen) atoms. The zero-order valence-electron chi connectivity index (χ0n) is 25.8. The lowest BCUT2D eigenvalue weighted by molar-refractivity contribution is -0.161. The van der Waals surface area contributed by atoms with Crippen molar-refractivity contribution in [1.82, 2.24) is 30.0 Å². The third kappa shape index (κ3) is 8.13. The Kier molecular flexibility index (Phi) is 10.4. The van der Waals surface area contributed by atoms with Crippen molar-refractivity contribution >= 4 is 62.1 Å². The van der Waals surface area contributed by atoms with Gasteiger partial charge in [-0.05, 0) is 38.1 Å². The number of thiazole rings is 1. The lowest BCUT2D eigenvalue weighted by atomic mass is 9.98. The van der Waals surface area contributed by atoms with Gasteiger partial charge in [-0.25, -0.2) is 14.1 Å². The molecule has 0 unspecified atom stereocenters. The quantitative estimate of drug-likeness (QED) is 0.0318. The molecule has 3 heterocycles. The molecule has 0 spiro atoms. The van der Waals surface area contributed by atoms with E-state index in [4.69, 9.17) is 10.6 Å². The normalized spacial score (nSPS) is 16.3. The highest BCUT2D eigenvalue weighted by Crippen LogP contribution is 2.24. The summed E-state index contributed by atoms with van der Waals surface area (Å²) >= 11 is 0.896. The topological polar surface area (TPSA) is 322 Å². The van der Waals surface area contributed by atoms with E-state index in [1.54, 1.807) is 0 Å². The number of benzene rings is 1. The number of anilines is 1. The second-order valence-corrected chi connectivity index (χ2v) is 13.1. The largest absolute Gasteiger partial charge is 0.508 e. The molecule has 0 saturated carbocycles. The molecule has 4 amide bonds. The van der Waals surface area contributed by atoms with Crippen molar-refractivity contribution in [2.24, 2.45) is 5.16 Å². The second-order valence-electron chi connectivity index (χ2n) is 10.9. The molecular weight excluding hydrogens is 708 g/mol. The number of aliphatic carboxylic acids is 1. The lowest BCUT2D eigenvalue weighted by Crippen LogP contribution is -2.74. The number of nitrogen functional groups attached to an aromatic ring is 1. The molecule has 0 bridgehead atoms. The molecule has 1 fully saturated rings. The van der Waals surface area contributed by atoms with Crippen LogP contribution in [0.4, 0.5) is 5.13 Å². The molecule has 266 valence electrons. The number of hydrogen-bond donors (Lipinski definition) is 8. The van der Waals surface area contributed by atoms with Crippen LogP contribution in [0, 0.1) is 0 Å². The van der Waals surface area contributed by atoms with Crippen molar-refractivity contribution < 1.29 is 57.2 Å². The van der Waals surface area contributed by atoms with E-state index in [0.29, 0.717) is 0 Å². The summed E-state index contributed by atoms with van der Waals surface area (Å²) < 4.78 is 33.8. The van der Waals surface area contributed by atoms with Gasteiger partial charge in [-0.3, -0.25) is 28.5 Å². The highest BCUT2D eigenvalue weighted by Gasteiger charge is 2.54. The van der Waals surface area contributed by atoms with Gasteiger partial charge < -0.3 is 41.9 Å². The van der Waals surface area contributed by atoms with Gasteiger partial charge in [0.05, 0.1) is 18.3 Å². The maximum absolute atomic E-state index is 13.2. The van der Waals surface area contributed by atoms with E-state index < -0.39 is 81.2 Å². The van der Waals surface area contributed by atoms with Crippen LogP contribution in [0.5, 0.6) is 5.75 Å². The number of pyridine rings is 1. The SMILES string of the molecule is CC(C)(ON=C(C(=O)N[C@@H]1C(=O)N(S(=O)(=O)O)[C@H]1CNC(=O)c1ccc(C(=O)NCc2cc(O)cc(=O)n2O)cc1)c1csc(N)n1)C(=O)O. The molecule has 1 aliphatic rings. The fourth-order valence-corrected chi connectivity index (χ4v) is 5.67. The lowest BCUT2D eigenvalue weighted by Gasteiger charge is -2.44. The maximum atomic E-state index is 13.2. The Morgan fingerprint density at radius 3 is 2.22 bits per heavy atom. The highest BCUT2D eigenvalue weighted by molar-refractivity contribution is 7.84. The van der Waals surface area contributed by atoms with Gasteiger partial charge in [0.15, 0.2) is 10.8 Å². The van der Waals surface area contributed by atoms with Crippen LogP contribution in [-0.2, 0) is 36.1 Å². The maximum Gasteiger partial charge on any atom is 0.362 e. The average Bonchev–Trinajstić information content (AvgIpc) is 3.47. The van der Waals surface area contributed by atoms with E-state index in [1.807, 2.05) is 0 Å². The molecular formula is C27H28N8O13S2. The molecule has 1 aromatic carbocycles. The van der Waals surface area contributed by atoms with E-state index in [0.717, 1.165) is 37.3 Å². The summed E-state index contributed by atoms with van der Waals surface area (Å²) in [6.07, 6.45) is 0. The third-order valence-corrected chi connectivity index (χ3v) is 8.56. The minimum Gasteiger partial charge on any atom is -0.508 e. The van der Waals surface area contributed by atoms with E-state index in [1.165, 1.54) is 29.6 Å². The molecule has 3 aromatic rings. The van der Waals surface area contributed by atoms with Crippen LogP contribution in [0.25, 0.3) is 0 Å². The Morgan fingerprint density at radius 1 is 1.08 bits per heavy atom. The summed E-state index contributed by atoms with van der Waals surface area (Å²) in [5.74, 6) is -5.79. The number of carboxylic acid groups (broad SMARTS) is 1. The van der Waals surface area contributed by atoms with Crippen LogP contribution in [0.15, 0.2) is 51.7 Å². The van der Waals surface area contributed by atoms with E-state index in [2.05, 4.69) is 26.1 Å². The minimum atomic E-state index is -5.16. The van der Waals surface area contributed by atoms with Crippen molar-refractivity contribution in [3.8, 4) is 5.75 Å². The molecule has 21 nitrogen and oxygen atoms in total. The van der Waals surface area contributed by atoms with Gasteiger partial charge in [0.2, 0.25) is 5.60 Å². The zero-order valence-corrected chi connectivity index (χ0v) is 27.4. The number of aromatic nitrogens is 2. The van der Waals surface area contributed by atoms with E-state index in [-0.39, 0.29) is 43.2 Å². The summed E-state index contributed by atoms with van der Waals surface area (Å²) in [4.78, 5) is 83.3. The first-order valence-electron chi connectivity index (χ1n) is 13.9. The van der Waals surface area contributed by atoms with Gasteiger partial charge in [0.25, 0.3) is 29.2 Å². The molecule has 4 rings (SSSR count). The number of nitrogens with zero attached hydrogens (tertiary/aromatic N) is 4. The van der Waals surface area contributed by atoms with Crippen LogP contribution < -0.4 is 27.2 Å². The number of β-lactam (4-membered cyclic amide) rings is 1. The van der Waals surface area contributed by atoms with E-state index in [9.17, 15) is 57.2 Å². The monoisotopic (exact) mass is 736 g/mol. The standard InChI is InChI=1S/C27H28N8O13S2/c1-27(2,25(42)43)48-33-19(16-11-49-26(28)31-16)23(40)32-20-17(35(24(20)41)50(45,46)47)10-30-22(39)13-5-3-12(4-6-13)21(38)29-9-14-7-15(36)8-18(37)34(14)44/h3-8,11,17,20,36,44H,9-10H2,1-2H3,(H2,28,31)(H,29,38)(H,30,39)(H,32,40)(H,42,43)(H,45,46,47)/t17-,20-/m0/s1. The molecule has 2 atom stereocenters. The number of carboxylic acids is 1. The minimum absolute atomic E-state index is 0.00357. The summed E-state index contributed by atoms with van der Waals surface area (Å²) in [6.45, 7) is 1.31. The van der Waals surface area contributed by atoms with Gasteiger partial charge in [-0.2, -0.15) is 13.1 Å². The average molecular weight is 737 g/mol. The molecule has 2 aromatic heterocycles. The first-order valence-corrected chi connectivity index (χ1v) is 16.2. The number of aromatic hydroxyl groups is 1. The molecule has 0 aliphatic carbocycles. The number of amides is 4. The van der Waals surface area contributed by atoms with E-state index >= 15 is 0 Å². The number of oxime groups is 1. The fourth-order valence-electron chi connectivity index (χ4n) is 4.24. The van der Waals surface area contributed by atoms with Crippen LogP contribution in [-0.4, -0.2) is 102 Å². The first kappa shape index (κ1) is 36.8. The van der Waals surface area contributed by atoms with Gasteiger partial charge in [-0.15, -0.1) is 11.3 Å². The Hall–Kier alpha value is -6.07.